The van der Waals surface area contributed by atoms with Gasteiger partial charge in [0.25, 0.3) is 15.9 Å². The summed E-state index contributed by atoms with van der Waals surface area (Å²) in [4.78, 5) is 15.0. The molecule has 0 radical (unpaired) electrons. The number of anilines is 1. The van der Waals surface area contributed by atoms with Gasteiger partial charge in [-0.05, 0) is 60.7 Å². The summed E-state index contributed by atoms with van der Waals surface area (Å²) in [6.45, 7) is 5.76. The Morgan fingerprint density at radius 2 is 1.83 bits per heavy atom. The summed E-state index contributed by atoms with van der Waals surface area (Å²) in [6, 6.07) is 13.0. The van der Waals surface area contributed by atoms with Crippen LogP contribution in [0.5, 0.6) is 5.75 Å². The minimum absolute atomic E-state index is 0.0603. The minimum Gasteiger partial charge on any atom is -0.497 e. The second-order valence-corrected chi connectivity index (χ2v) is 10.2. The summed E-state index contributed by atoms with van der Waals surface area (Å²) < 4.78 is 32.3. The zero-order chi connectivity index (χ0) is 21.2. The fraction of sp³-hybridized carbons (Fsp3) is 0.409. The first-order valence-corrected chi connectivity index (χ1v) is 11.1. The number of rotatable bonds is 5. The number of piperidine rings is 1. The molecule has 0 spiro atoms. The molecule has 0 bridgehead atoms. The van der Waals surface area contributed by atoms with E-state index in [9.17, 15) is 13.2 Å². The maximum Gasteiger partial charge on any atom is 0.264 e. The predicted octanol–water partition coefficient (Wildman–Crippen LogP) is 3.78. The molecule has 1 saturated heterocycles. The third-order valence-electron chi connectivity index (χ3n) is 5.36. The van der Waals surface area contributed by atoms with Gasteiger partial charge in [-0.1, -0.05) is 19.9 Å². The molecule has 0 aromatic heterocycles. The van der Waals surface area contributed by atoms with Crippen LogP contribution in [0.25, 0.3) is 0 Å². The molecule has 156 valence electrons. The first-order valence-electron chi connectivity index (χ1n) is 9.66. The molecule has 1 amide bonds. The first-order chi connectivity index (χ1) is 13.6. The topological polar surface area (TPSA) is 66.9 Å². The molecule has 7 heteroatoms. The summed E-state index contributed by atoms with van der Waals surface area (Å²) in [5.74, 6) is 0.526. The lowest BCUT2D eigenvalue weighted by Gasteiger charge is -2.38. The van der Waals surface area contributed by atoms with Crippen LogP contribution < -0.4 is 9.04 Å². The van der Waals surface area contributed by atoms with Crippen molar-refractivity contribution < 1.29 is 17.9 Å². The Labute approximate surface area is 173 Å². The molecular formula is C22H28N2O4S. The summed E-state index contributed by atoms with van der Waals surface area (Å²) in [7, 11) is -0.727. The lowest BCUT2D eigenvalue weighted by atomic mass is 9.84. The number of ether oxygens (including phenoxy) is 1. The van der Waals surface area contributed by atoms with Gasteiger partial charge in [-0.15, -0.1) is 0 Å². The van der Waals surface area contributed by atoms with Crippen LogP contribution in [0.2, 0.25) is 0 Å². The van der Waals surface area contributed by atoms with Crippen LogP contribution >= 0.6 is 0 Å². The number of hydrogen-bond donors (Lipinski definition) is 0. The van der Waals surface area contributed by atoms with Crippen LogP contribution in [0.1, 0.15) is 37.0 Å². The van der Waals surface area contributed by atoms with Gasteiger partial charge in [0, 0.05) is 25.7 Å². The molecule has 2 aromatic carbocycles. The third kappa shape index (κ3) is 4.56. The van der Waals surface area contributed by atoms with Crippen molar-refractivity contribution in [2.75, 3.05) is 31.6 Å². The van der Waals surface area contributed by atoms with E-state index >= 15 is 0 Å². The molecule has 0 N–H and O–H groups in total. The average molecular weight is 417 g/mol. The molecule has 29 heavy (non-hydrogen) atoms. The Morgan fingerprint density at radius 3 is 2.45 bits per heavy atom. The Hall–Kier alpha value is -2.54. The number of methoxy groups -OCH3 is 1. The molecule has 1 aliphatic heterocycles. The van der Waals surface area contributed by atoms with E-state index in [1.807, 2.05) is 4.90 Å². The van der Waals surface area contributed by atoms with Gasteiger partial charge >= 0.3 is 0 Å². The van der Waals surface area contributed by atoms with Crippen LogP contribution in [-0.2, 0) is 10.0 Å². The van der Waals surface area contributed by atoms with E-state index in [0.717, 1.165) is 19.4 Å². The molecule has 0 saturated carbocycles. The number of nitrogens with zero attached hydrogens (tertiary/aromatic N) is 2. The lowest BCUT2D eigenvalue weighted by molar-refractivity contribution is 0.0583. The molecule has 2 aromatic rings. The minimum atomic E-state index is -3.75. The van der Waals surface area contributed by atoms with Gasteiger partial charge in [0.05, 0.1) is 17.7 Å². The summed E-state index contributed by atoms with van der Waals surface area (Å²) >= 11 is 0. The lowest BCUT2D eigenvalue weighted by Crippen LogP contribution is -2.43. The third-order valence-corrected chi connectivity index (χ3v) is 7.16. The summed E-state index contributed by atoms with van der Waals surface area (Å²) in [5, 5.41) is 0. The van der Waals surface area contributed by atoms with E-state index in [-0.39, 0.29) is 16.2 Å². The van der Waals surface area contributed by atoms with Gasteiger partial charge in [-0.25, -0.2) is 8.42 Å². The highest BCUT2D eigenvalue weighted by Crippen LogP contribution is 2.30. The van der Waals surface area contributed by atoms with E-state index < -0.39 is 10.0 Å². The van der Waals surface area contributed by atoms with Gasteiger partial charge in [-0.3, -0.25) is 9.10 Å². The van der Waals surface area contributed by atoms with Crippen LogP contribution in [0.15, 0.2) is 53.4 Å². The molecule has 1 heterocycles. The maximum absolute atomic E-state index is 13.0. The fourth-order valence-electron chi connectivity index (χ4n) is 3.66. The molecular weight excluding hydrogens is 388 g/mol. The van der Waals surface area contributed by atoms with Crippen molar-refractivity contribution in [3.63, 3.8) is 0 Å². The maximum atomic E-state index is 13.0. The van der Waals surface area contributed by atoms with E-state index in [4.69, 9.17) is 4.74 Å². The fourth-order valence-corrected chi connectivity index (χ4v) is 4.85. The van der Waals surface area contributed by atoms with Gasteiger partial charge in [0.2, 0.25) is 0 Å². The first kappa shape index (κ1) is 21.2. The number of likely N-dealkylation sites (tertiary alicyclic amines) is 1. The Morgan fingerprint density at radius 1 is 1.14 bits per heavy atom. The number of carbonyl (C=O) groups is 1. The second-order valence-electron chi connectivity index (χ2n) is 8.19. The Bertz CT molecular complexity index is 984. The highest BCUT2D eigenvalue weighted by Gasteiger charge is 2.30. The van der Waals surface area contributed by atoms with E-state index in [1.54, 1.807) is 36.4 Å². The van der Waals surface area contributed by atoms with E-state index in [1.165, 1.54) is 30.6 Å². The van der Waals surface area contributed by atoms with Crippen LogP contribution in [0.3, 0.4) is 0 Å². The van der Waals surface area contributed by atoms with Crippen molar-refractivity contribution in [1.29, 1.82) is 0 Å². The Kier molecular flexibility index (Phi) is 5.89. The van der Waals surface area contributed by atoms with Crippen molar-refractivity contribution >= 4 is 21.6 Å². The van der Waals surface area contributed by atoms with Gasteiger partial charge in [0.1, 0.15) is 5.75 Å². The van der Waals surface area contributed by atoms with Crippen molar-refractivity contribution in [1.82, 2.24) is 4.90 Å². The zero-order valence-corrected chi connectivity index (χ0v) is 18.2. The monoisotopic (exact) mass is 416 g/mol. The molecule has 0 aliphatic carbocycles. The number of carbonyl (C=O) groups excluding carboxylic acids is 1. The van der Waals surface area contributed by atoms with Crippen LogP contribution in [-0.4, -0.2) is 46.5 Å². The highest BCUT2D eigenvalue weighted by molar-refractivity contribution is 7.92. The van der Waals surface area contributed by atoms with Crippen LogP contribution in [0.4, 0.5) is 5.69 Å². The molecule has 1 fully saturated rings. The normalized spacial score (nSPS) is 16.3. The smallest absolute Gasteiger partial charge is 0.264 e. The van der Waals surface area contributed by atoms with Gasteiger partial charge in [-0.2, -0.15) is 0 Å². The second kappa shape index (κ2) is 8.06. The standard InChI is InChI=1S/C22H28N2O4S/c1-22(2)13-6-14-24(16-22)21(25)17-7-5-8-18(15-17)23(3)29(26,27)20-11-9-19(28-4)10-12-20/h5,7-12,15H,6,13-14,16H2,1-4H3. The zero-order valence-electron chi connectivity index (χ0n) is 17.4. The Balaban J connectivity index is 1.85. The van der Waals surface area contributed by atoms with Gasteiger partial charge < -0.3 is 9.64 Å². The van der Waals surface area contributed by atoms with Crippen LogP contribution in [0, 0.1) is 5.41 Å². The highest BCUT2D eigenvalue weighted by atomic mass is 32.2. The quantitative estimate of drug-likeness (QED) is 0.744. The molecule has 3 rings (SSSR count). The van der Waals surface area contributed by atoms with E-state index in [2.05, 4.69) is 13.8 Å². The van der Waals surface area contributed by atoms with Crippen molar-refractivity contribution in [3.05, 3.63) is 54.1 Å². The van der Waals surface area contributed by atoms with Gasteiger partial charge in [0.15, 0.2) is 0 Å². The number of hydrogen-bond acceptors (Lipinski definition) is 4. The number of benzene rings is 2. The predicted molar refractivity (Wildman–Crippen MR) is 114 cm³/mol. The number of amides is 1. The van der Waals surface area contributed by atoms with Crippen molar-refractivity contribution in [2.24, 2.45) is 5.41 Å². The number of sulfonamides is 1. The summed E-state index contributed by atoms with van der Waals surface area (Å²) in [6.07, 6.45) is 2.07. The van der Waals surface area contributed by atoms with Crippen molar-refractivity contribution in [3.8, 4) is 5.75 Å². The average Bonchev–Trinajstić information content (AvgIpc) is 2.72. The van der Waals surface area contributed by atoms with Crippen molar-refractivity contribution in [2.45, 2.75) is 31.6 Å². The van der Waals surface area contributed by atoms with E-state index in [0.29, 0.717) is 23.5 Å². The SMILES string of the molecule is COc1ccc(S(=O)(=O)N(C)c2cccc(C(=O)N3CCCC(C)(C)C3)c2)cc1. The molecule has 6 nitrogen and oxygen atoms in total. The summed E-state index contributed by atoms with van der Waals surface area (Å²) in [5.41, 5.74) is 1.04. The molecule has 1 aliphatic rings. The molecule has 0 unspecified atom stereocenters. The largest absolute Gasteiger partial charge is 0.497 e. The molecule has 0 atom stereocenters.